The highest BCUT2D eigenvalue weighted by Crippen LogP contribution is 2.32. The summed E-state index contributed by atoms with van der Waals surface area (Å²) in [5, 5.41) is 3.55. The summed E-state index contributed by atoms with van der Waals surface area (Å²) >= 11 is 0. The van der Waals surface area contributed by atoms with Gasteiger partial charge >= 0.3 is 0 Å². The Labute approximate surface area is 91.2 Å². The molecule has 0 heterocycles. The van der Waals surface area contributed by atoms with Crippen molar-refractivity contribution in [3.05, 3.63) is 42.0 Å². The van der Waals surface area contributed by atoms with Crippen LogP contribution in [-0.2, 0) is 6.42 Å². The van der Waals surface area contributed by atoms with Crippen LogP contribution >= 0.6 is 0 Å². The molecule has 2 atom stereocenters. The maximum Gasteiger partial charge on any atom is 0.0331 e. The second-order valence-electron chi connectivity index (χ2n) is 4.24. The lowest BCUT2D eigenvalue weighted by Gasteiger charge is -2.17. The van der Waals surface area contributed by atoms with Gasteiger partial charge in [-0.05, 0) is 43.0 Å². The molecule has 0 saturated heterocycles. The highest BCUT2D eigenvalue weighted by atomic mass is 14.9. The Morgan fingerprint density at radius 1 is 1.60 bits per heavy atom. The summed E-state index contributed by atoms with van der Waals surface area (Å²) in [6.45, 7) is 5.92. The van der Waals surface area contributed by atoms with Gasteiger partial charge in [-0.1, -0.05) is 12.1 Å². The Bertz CT molecular complexity index is 371. The maximum atomic E-state index is 5.77. The zero-order valence-electron chi connectivity index (χ0n) is 9.16. The molecule has 0 spiro atoms. The lowest BCUT2D eigenvalue weighted by atomic mass is 10.1. The molecular formula is C13H18N2. The molecule has 15 heavy (non-hydrogen) atoms. The molecule has 0 saturated carbocycles. The minimum absolute atomic E-state index is 0.360. The molecule has 1 aliphatic carbocycles. The van der Waals surface area contributed by atoms with E-state index in [1.807, 2.05) is 12.1 Å². The van der Waals surface area contributed by atoms with E-state index < -0.39 is 0 Å². The van der Waals surface area contributed by atoms with Gasteiger partial charge in [0.2, 0.25) is 0 Å². The van der Waals surface area contributed by atoms with Crippen molar-refractivity contribution in [1.29, 1.82) is 0 Å². The molecule has 0 aliphatic heterocycles. The molecule has 1 aromatic rings. The summed E-state index contributed by atoms with van der Waals surface area (Å²) < 4.78 is 0. The highest BCUT2D eigenvalue weighted by Gasteiger charge is 2.22. The van der Waals surface area contributed by atoms with Gasteiger partial charge in [0, 0.05) is 17.8 Å². The number of benzene rings is 1. The number of fused-ring (bicyclic) bond motifs is 1. The summed E-state index contributed by atoms with van der Waals surface area (Å²) in [4.78, 5) is 0. The molecular weight excluding hydrogens is 184 g/mol. The average molecular weight is 202 g/mol. The summed E-state index contributed by atoms with van der Waals surface area (Å²) in [6.07, 6.45) is 4.23. The minimum Gasteiger partial charge on any atom is -0.399 e. The van der Waals surface area contributed by atoms with Crippen LogP contribution in [0.2, 0.25) is 0 Å². The summed E-state index contributed by atoms with van der Waals surface area (Å²) in [7, 11) is 0. The van der Waals surface area contributed by atoms with E-state index >= 15 is 0 Å². The molecule has 3 N–H and O–H groups in total. The van der Waals surface area contributed by atoms with Gasteiger partial charge < -0.3 is 11.1 Å². The first-order valence-corrected chi connectivity index (χ1v) is 5.47. The smallest absolute Gasteiger partial charge is 0.0331 e. The zero-order chi connectivity index (χ0) is 10.8. The summed E-state index contributed by atoms with van der Waals surface area (Å²) in [5.41, 5.74) is 9.43. The fourth-order valence-electron chi connectivity index (χ4n) is 2.20. The van der Waals surface area contributed by atoms with E-state index in [1.54, 1.807) is 0 Å². The Kier molecular flexibility index (Phi) is 2.78. The van der Waals surface area contributed by atoms with E-state index in [2.05, 4.69) is 31.0 Å². The predicted octanol–water partition coefficient (Wildman–Crippen LogP) is 2.42. The molecule has 2 unspecified atom stereocenters. The summed E-state index contributed by atoms with van der Waals surface area (Å²) in [6, 6.07) is 7.05. The third kappa shape index (κ3) is 2.05. The topological polar surface area (TPSA) is 38.0 Å². The normalized spacial score (nSPS) is 21.0. The number of nitrogens with one attached hydrogen (secondary N) is 1. The third-order valence-corrected chi connectivity index (χ3v) is 3.06. The first kappa shape index (κ1) is 10.2. The van der Waals surface area contributed by atoms with Gasteiger partial charge in [0.15, 0.2) is 0 Å². The third-order valence-electron chi connectivity index (χ3n) is 3.06. The fraction of sp³-hybridized carbons (Fsp3) is 0.385. The van der Waals surface area contributed by atoms with Crippen LogP contribution in [0.4, 0.5) is 5.69 Å². The van der Waals surface area contributed by atoms with E-state index in [0.29, 0.717) is 12.1 Å². The number of hydrogen-bond donors (Lipinski definition) is 2. The van der Waals surface area contributed by atoms with Crippen LogP contribution in [0.1, 0.15) is 30.5 Å². The van der Waals surface area contributed by atoms with Crippen LogP contribution in [0.5, 0.6) is 0 Å². The van der Waals surface area contributed by atoms with Crippen LogP contribution in [0, 0.1) is 0 Å². The zero-order valence-corrected chi connectivity index (χ0v) is 9.16. The number of rotatable bonds is 3. The lowest BCUT2D eigenvalue weighted by Crippen LogP contribution is -2.27. The van der Waals surface area contributed by atoms with Gasteiger partial charge in [-0.15, -0.1) is 6.58 Å². The largest absolute Gasteiger partial charge is 0.399 e. The number of nitrogen functional groups attached to an aromatic ring is 1. The molecule has 0 radical (unpaired) electrons. The van der Waals surface area contributed by atoms with Gasteiger partial charge in [-0.2, -0.15) is 0 Å². The maximum absolute atomic E-state index is 5.77. The standard InChI is InChI=1S/C13H18N2/c1-3-9(2)15-13-7-4-10-8-11(14)5-6-12(10)13/h3,5-6,8-9,13,15H,1,4,7,14H2,2H3. The van der Waals surface area contributed by atoms with Gasteiger partial charge in [0.25, 0.3) is 0 Å². The molecule has 0 aromatic heterocycles. The minimum atomic E-state index is 0.360. The average Bonchev–Trinajstić information content (AvgIpc) is 2.60. The molecule has 1 aliphatic rings. The molecule has 0 bridgehead atoms. The van der Waals surface area contributed by atoms with Crippen molar-refractivity contribution >= 4 is 5.69 Å². The van der Waals surface area contributed by atoms with Crippen molar-refractivity contribution < 1.29 is 0 Å². The second-order valence-corrected chi connectivity index (χ2v) is 4.24. The molecule has 2 heteroatoms. The number of nitrogens with two attached hydrogens (primary N) is 1. The number of anilines is 1. The van der Waals surface area contributed by atoms with Crippen molar-refractivity contribution in [1.82, 2.24) is 5.32 Å². The highest BCUT2D eigenvalue weighted by molar-refractivity contribution is 5.47. The monoisotopic (exact) mass is 202 g/mol. The second kappa shape index (κ2) is 4.07. The molecule has 1 aromatic carbocycles. The Hall–Kier alpha value is -1.28. The quantitative estimate of drug-likeness (QED) is 0.583. The fourth-order valence-corrected chi connectivity index (χ4v) is 2.20. The number of aryl methyl sites for hydroxylation is 1. The Morgan fingerprint density at radius 2 is 2.40 bits per heavy atom. The van der Waals surface area contributed by atoms with Gasteiger partial charge in [-0.3, -0.25) is 0 Å². The Morgan fingerprint density at radius 3 is 3.13 bits per heavy atom. The molecule has 2 rings (SSSR count). The van der Waals surface area contributed by atoms with Crippen molar-refractivity contribution in [3.63, 3.8) is 0 Å². The van der Waals surface area contributed by atoms with Crippen LogP contribution < -0.4 is 11.1 Å². The van der Waals surface area contributed by atoms with E-state index in [0.717, 1.165) is 18.5 Å². The van der Waals surface area contributed by atoms with E-state index in [9.17, 15) is 0 Å². The predicted molar refractivity (Wildman–Crippen MR) is 64.7 cm³/mol. The molecule has 0 fully saturated rings. The van der Waals surface area contributed by atoms with Crippen molar-refractivity contribution in [2.75, 3.05) is 5.73 Å². The van der Waals surface area contributed by atoms with Crippen molar-refractivity contribution in [2.24, 2.45) is 0 Å². The SMILES string of the molecule is C=CC(C)NC1CCc2cc(N)ccc21. The molecule has 80 valence electrons. The molecule has 2 nitrogen and oxygen atoms in total. The number of hydrogen-bond acceptors (Lipinski definition) is 2. The van der Waals surface area contributed by atoms with Crippen molar-refractivity contribution in [2.45, 2.75) is 31.8 Å². The van der Waals surface area contributed by atoms with Crippen LogP contribution in [0.3, 0.4) is 0 Å². The molecule has 0 amide bonds. The van der Waals surface area contributed by atoms with Gasteiger partial charge in [0.05, 0.1) is 0 Å². The summed E-state index contributed by atoms with van der Waals surface area (Å²) in [5.74, 6) is 0. The van der Waals surface area contributed by atoms with Crippen LogP contribution in [-0.4, -0.2) is 6.04 Å². The van der Waals surface area contributed by atoms with Crippen LogP contribution in [0.25, 0.3) is 0 Å². The Balaban J connectivity index is 2.18. The first-order valence-electron chi connectivity index (χ1n) is 5.47. The van der Waals surface area contributed by atoms with Gasteiger partial charge in [0.1, 0.15) is 0 Å². The van der Waals surface area contributed by atoms with Crippen LogP contribution in [0.15, 0.2) is 30.9 Å². The lowest BCUT2D eigenvalue weighted by molar-refractivity contribution is 0.500. The first-order chi connectivity index (χ1) is 7.20. The van der Waals surface area contributed by atoms with E-state index in [1.165, 1.54) is 11.1 Å². The van der Waals surface area contributed by atoms with E-state index in [-0.39, 0.29) is 0 Å². The van der Waals surface area contributed by atoms with Gasteiger partial charge in [-0.25, -0.2) is 0 Å². The van der Waals surface area contributed by atoms with Crippen molar-refractivity contribution in [3.8, 4) is 0 Å². The van der Waals surface area contributed by atoms with E-state index in [4.69, 9.17) is 5.73 Å².